The fourth-order valence-corrected chi connectivity index (χ4v) is 2.72. The smallest absolute Gasteiger partial charge is 0.144 e. The van der Waals surface area contributed by atoms with Gasteiger partial charge in [-0.3, -0.25) is 0 Å². The Hall–Kier alpha value is -1.27. The van der Waals surface area contributed by atoms with Gasteiger partial charge in [0, 0.05) is 12.1 Å². The highest BCUT2D eigenvalue weighted by Gasteiger charge is 2.35. The van der Waals surface area contributed by atoms with E-state index in [1.165, 1.54) is 25.7 Å². The summed E-state index contributed by atoms with van der Waals surface area (Å²) in [5, 5.41) is 3.38. The van der Waals surface area contributed by atoms with Crippen LogP contribution in [0.5, 0.6) is 0 Å². The summed E-state index contributed by atoms with van der Waals surface area (Å²) in [6.45, 7) is 0.890. The van der Waals surface area contributed by atoms with Crippen LogP contribution in [0.4, 0.5) is 5.82 Å². The zero-order chi connectivity index (χ0) is 13.9. The van der Waals surface area contributed by atoms with Gasteiger partial charge in [-0.05, 0) is 26.9 Å². The normalized spacial score (nSPS) is 17.6. The van der Waals surface area contributed by atoms with Crippen molar-refractivity contribution in [3.63, 3.8) is 0 Å². The maximum absolute atomic E-state index is 5.50. The standard InChI is InChI=1S/C13H21N5S/c1-18(2)13(5-3-4-6-13)9-17-11-8-15-10(7-16-11)12(14)19/h7-8H,3-6,9H2,1-2H3,(H2,14,19)(H,16,17). The van der Waals surface area contributed by atoms with Crippen molar-refractivity contribution in [2.45, 2.75) is 31.2 Å². The molecule has 0 radical (unpaired) electrons. The molecular formula is C13H21N5S. The van der Waals surface area contributed by atoms with E-state index in [1.807, 2.05) is 0 Å². The third-order valence-corrected chi connectivity index (χ3v) is 4.19. The maximum Gasteiger partial charge on any atom is 0.144 e. The van der Waals surface area contributed by atoms with E-state index in [1.54, 1.807) is 12.4 Å². The molecule has 6 heteroatoms. The van der Waals surface area contributed by atoms with Crippen LogP contribution in [0.15, 0.2) is 12.4 Å². The van der Waals surface area contributed by atoms with Gasteiger partial charge in [0.2, 0.25) is 0 Å². The molecule has 104 valence electrons. The molecule has 3 N–H and O–H groups in total. The molecule has 0 saturated heterocycles. The van der Waals surface area contributed by atoms with Crippen molar-refractivity contribution >= 4 is 23.0 Å². The Labute approximate surface area is 119 Å². The molecule has 2 rings (SSSR count). The van der Waals surface area contributed by atoms with Gasteiger partial charge in [0.1, 0.15) is 16.5 Å². The van der Waals surface area contributed by atoms with E-state index >= 15 is 0 Å². The highest BCUT2D eigenvalue weighted by molar-refractivity contribution is 7.80. The number of nitrogens with zero attached hydrogens (tertiary/aromatic N) is 3. The van der Waals surface area contributed by atoms with Crippen molar-refractivity contribution in [3.05, 3.63) is 18.1 Å². The zero-order valence-electron chi connectivity index (χ0n) is 11.5. The zero-order valence-corrected chi connectivity index (χ0v) is 12.3. The molecule has 1 saturated carbocycles. The first-order valence-electron chi connectivity index (χ1n) is 6.57. The Morgan fingerprint density at radius 1 is 1.37 bits per heavy atom. The van der Waals surface area contributed by atoms with Crippen LogP contribution in [0.2, 0.25) is 0 Å². The molecule has 1 fully saturated rings. The first-order valence-corrected chi connectivity index (χ1v) is 6.97. The summed E-state index contributed by atoms with van der Waals surface area (Å²) in [5.74, 6) is 0.771. The van der Waals surface area contributed by atoms with Gasteiger partial charge in [0.15, 0.2) is 0 Å². The quantitative estimate of drug-likeness (QED) is 0.794. The Morgan fingerprint density at radius 3 is 2.53 bits per heavy atom. The van der Waals surface area contributed by atoms with Gasteiger partial charge < -0.3 is 16.0 Å². The van der Waals surface area contributed by atoms with Crippen molar-refractivity contribution in [2.75, 3.05) is 26.0 Å². The van der Waals surface area contributed by atoms with E-state index in [2.05, 4.69) is 34.3 Å². The molecule has 1 aromatic heterocycles. The van der Waals surface area contributed by atoms with Gasteiger partial charge >= 0.3 is 0 Å². The van der Waals surface area contributed by atoms with E-state index < -0.39 is 0 Å². The van der Waals surface area contributed by atoms with Crippen molar-refractivity contribution in [2.24, 2.45) is 5.73 Å². The molecule has 19 heavy (non-hydrogen) atoms. The van der Waals surface area contributed by atoms with E-state index in [0.29, 0.717) is 5.69 Å². The van der Waals surface area contributed by atoms with Gasteiger partial charge in [-0.15, -0.1) is 0 Å². The molecule has 0 aliphatic heterocycles. The number of anilines is 1. The molecule has 0 bridgehead atoms. The van der Waals surface area contributed by atoms with Gasteiger partial charge in [-0.2, -0.15) is 0 Å². The van der Waals surface area contributed by atoms with Crippen LogP contribution in [0, 0.1) is 0 Å². The van der Waals surface area contributed by atoms with Gasteiger partial charge in [-0.1, -0.05) is 25.1 Å². The average Bonchev–Trinajstić information content (AvgIpc) is 2.87. The second-order valence-electron chi connectivity index (χ2n) is 5.33. The number of nitrogens with two attached hydrogens (primary N) is 1. The van der Waals surface area contributed by atoms with Crippen molar-refractivity contribution in [1.29, 1.82) is 0 Å². The summed E-state index contributed by atoms with van der Waals surface area (Å²) >= 11 is 4.86. The number of hydrogen-bond acceptors (Lipinski definition) is 5. The predicted molar refractivity (Wildman–Crippen MR) is 81.3 cm³/mol. The number of nitrogens with one attached hydrogen (secondary N) is 1. The molecule has 1 aromatic rings. The summed E-state index contributed by atoms with van der Waals surface area (Å²) < 4.78 is 0. The minimum Gasteiger partial charge on any atom is -0.388 e. The summed E-state index contributed by atoms with van der Waals surface area (Å²) in [6.07, 6.45) is 8.35. The Morgan fingerprint density at radius 2 is 2.05 bits per heavy atom. The Kier molecular flexibility index (Phi) is 4.31. The monoisotopic (exact) mass is 279 g/mol. The van der Waals surface area contributed by atoms with Crippen LogP contribution >= 0.6 is 12.2 Å². The van der Waals surface area contributed by atoms with Gasteiger partial charge in [0.05, 0.1) is 12.4 Å². The number of hydrogen-bond donors (Lipinski definition) is 2. The number of likely N-dealkylation sites (N-methyl/N-ethyl adjacent to an activating group) is 1. The Balaban J connectivity index is 1.99. The van der Waals surface area contributed by atoms with Crippen LogP contribution in [-0.4, -0.2) is 46.0 Å². The van der Waals surface area contributed by atoms with Crippen LogP contribution in [0.1, 0.15) is 31.4 Å². The number of aromatic nitrogens is 2. The van der Waals surface area contributed by atoms with Gasteiger partial charge in [-0.25, -0.2) is 9.97 Å². The lowest BCUT2D eigenvalue weighted by atomic mass is 9.96. The lowest BCUT2D eigenvalue weighted by molar-refractivity contribution is 0.172. The highest BCUT2D eigenvalue weighted by Crippen LogP contribution is 2.33. The lowest BCUT2D eigenvalue weighted by Gasteiger charge is -2.36. The second kappa shape index (κ2) is 5.79. The topological polar surface area (TPSA) is 67.1 Å². The lowest BCUT2D eigenvalue weighted by Crippen LogP contribution is -2.47. The highest BCUT2D eigenvalue weighted by atomic mass is 32.1. The van der Waals surface area contributed by atoms with Gasteiger partial charge in [0.25, 0.3) is 0 Å². The first-order chi connectivity index (χ1) is 9.03. The summed E-state index contributed by atoms with van der Waals surface area (Å²) in [6, 6.07) is 0. The average molecular weight is 279 g/mol. The van der Waals surface area contributed by atoms with Crippen molar-refractivity contribution in [1.82, 2.24) is 14.9 Å². The first kappa shape index (κ1) is 14.1. The molecule has 0 unspecified atom stereocenters. The maximum atomic E-state index is 5.50. The van der Waals surface area contributed by atoms with E-state index in [9.17, 15) is 0 Å². The summed E-state index contributed by atoms with van der Waals surface area (Å²) in [4.78, 5) is 11.1. The minimum atomic E-state index is 0.240. The van der Waals surface area contributed by atoms with Crippen LogP contribution in [0.25, 0.3) is 0 Å². The molecule has 1 aliphatic rings. The molecule has 1 heterocycles. The van der Waals surface area contributed by atoms with Crippen LogP contribution < -0.4 is 11.1 Å². The SMILES string of the molecule is CN(C)C1(CNc2cnc(C(N)=S)cn2)CCCC1. The number of rotatable bonds is 5. The molecule has 5 nitrogen and oxygen atoms in total. The predicted octanol–water partition coefficient (Wildman–Crippen LogP) is 1.40. The molecular weight excluding hydrogens is 258 g/mol. The Bertz CT molecular complexity index is 437. The largest absolute Gasteiger partial charge is 0.388 e. The molecule has 0 spiro atoms. The van der Waals surface area contributed by atoms with E-state index in [0.717, 1.165) is 12.4 Å². The molecule has 1 aliphatic carbocycles. The fourth-order valence-electron chi connectivity index (χ4n) is 2.62. The molecule has 0 aromatic carbocycles. The third-order valence-electron chi connectivity index (χ3n) is 3.99. The second-order valence-corrected chi connectivity index (χ2v) is 5.77. The van der Waals surface area contributed by atoms with Crippen LogP contribution in [-0.2, 0) is 0 Å². The third kappa shape index (κ3) is 3.19. The fraction of sp³-hybridized carbons (Fsp3) is 0.615. The van der Waals surface area contributed by atoms with Crippen LogP contribution in [0.3, 0.4) is 0 Å². The summed E-state index contributed by atoms with van der Waals surface area (Å²) in [5.41, 5.74) is 6.30. The molecule has 0 amide bonds. The van der Waals surface area contributed by atoms with E-state index in [-0.39, 0.29) is 10.5 Å². The minimum absolute atomic E-state index is 0.240. The molecule has 0 atom stereocenters. The van der Waals surface area contributed by atoms with E-state index in [4.69, 9.17) is 18.0 Å². The summed E-state index contributed by atoms with van der Waals surface area (Å²) in [7, 11) is 4.29. The van der Waals surface area contributed by atoms with Crippen molar-refractivity contribution < 1.29 is 0 Å². The van der Waals surface area contributed by atoms with Crippen molar-refractivity contribution in [3.8, 4) is 0 Å². The number of thiocarbonyl (C=S) groups is 1.